The van der Waals surface area contributed by atoms with Gasteiger partial charge in [-0.25, -0.2) is 9.59 Å². The topological polar surface area (TPSA) is 105 Å². The smallest absolute Gasteiger partial charge is 0.326 e. The van der Waals surface area contributed by atoms with Crippen molar-refractivity contribution >= 4 is 18.0 Å². The summed E-state index contributed by atoms with van der Waals surface area (Å²) in [6, 6.07) is -1.71. The maximum atomic E-state index is 11.7. The van der Waals surface area contributed by atoms with Gasteiger partial charge in [0.2, 0.25) is 0 Å². The number of carbonyl (C=O) groups excluding carboxylic acids is 2. The van der Waals surface area contributed by atoms with Crippen LogP contribution in [0.25, 0.3) is 0 Å². The van der Waals surface area contributed by atoms with Crippen LogP contribution in [0.5, 0.6) is 0 Å². The van der Waals surface area contributed by atoms with Gasteiger partial charge in [0.25, 0.3) is 0 Å². The lowest BCUT2D eigenvalue weighted by molar-refractivity contribution is -0.142. The van der Waals surface area contributed by atoms with Gasteiger partial charge in [-0.15, -0.1) is 0 Å². The van der Waals surface area contributed by atoms with Gasteiger partial charge < -0.3 is 20.5 Å². The van der Waals surface area contributed by atoms with Crippen LogP contribution in [0.1, 0.15) is 40.0 Å². The van der Waals surface area contributed by atoms with Crippen molar-refractivity contribution in [3.8, 4) is 0 Å². The molecular formula is C13H24N2O5. The largest absolute Gasteiger partial charge is 0.480 e. The average Bonchev–Trinajstić information content (AvgIpc) is 2.32. The van der Waals surface area contributed by atoms with Crippen molar-refractivity contribution in [3.63, 3.8) is 0 Å². The van der Waals surface area contributed by atoms with E-state index in [1.54, 1.807) is 0 Å². The predicted molar refractivity (Wildman–Crippen MR) is 73.3 cm³/mol. The van der Waals surface area contributed by atoms with Crippen LogP contribution in [0.4, 0.5) is 4.79 Å². The van der Waals surface area contributed by atoms with Crippen LogP contribution in [-0.4, -0.2) is 42.3 Å². The molecule has 3 N–H and O–H groups in total. The summed E-state index contributed by atoms with van der Waals surface area (Å²) in [5.74, 6) is -1.26. The number of carboxylic acids is 1. The Balaban J connectivity index is 4.27. The molecule has 0 aliphatic heterocycles. The van der Waals surface area contributed by atoms with Gasteiger partial charge in [-0.05, 0) is 25.7 Å². The van der Waals surface area contributed by atoms with Crippen molar-refractivity contribution in [3.05, 3.63) is 0 Å². The summed E-state index contributed by atoms with van der Waals surface area (Å²) in [5.41, 5.74) is 0. The van der Waals surface area contributed by atoms with E-state index in [-0.39, 0.29) is 18.9 Å². The Morgan fingerprint density at radius 2 is 1.75 bits per heavy atom. The lowest BCUT2D eigenvalue weighted by Crippen LogP contribution is -2.48. The molecule has 7 nitrogen and oxygen atoms in total. The number of hydrogen-bond donors (Lipinski definition) is 3. The van der Waals surface area contributed by atoms with Gasteiger partial charge >= 0.3 is 18.0 Å². The third-order valence-electron chi connectivity index (χ3n) is 2.67. The summed E-state index contributed by atoms with van der Waals surface area (Å²) in [6.07, 6.45) is 0.733. The van der Waals surface area contributed by atoms with E-state index in [4.69, 9.17) is 5.11 Å². The van der Waals surface area contributed by atoms with Gasteiger partial charge in [-0.1, -0.05) is 13.8 Å². The second-order valence-corrected chi connectivity index (χ2v) is 5.15. The van der Waals surface area contributed by atoms with Gasteiger partial charge in [-0.3, -0.25) is 4.79 Å². The Labute approximate surface area is 119 Å². The molecule has 0 aliphatic carbocycles. The van der Waals surface area contributed by atoms with Crippen LogP contribution in [0.3, 0.4) is 0 Å². The maximum absolute atomic E-state index is 11.7. The minimum absolute atomic E-state index is 0.00596. The molecule has 2 atom stereocenters. The Morgan fingerprint density at radius 3 is 2.20 bits per heavy atom. The Morgan fingerprint density at radius 1 is 1.15 bits per heavy atom. The van der Waals surface area contributed by atoms with Crippen molar-refractivity contribution in [2.75, 3.05) is 7.11 Å². The zero-order valence-corrected chi connectivity index (χ0v) is 12.4. The molecule has 0 aromatic rings. The Bertz CT molecular complexity index is 344. The Hall–Kier alpha value is -1.79. The zero-order chi connectivity index (χ0) is 15.7. The standard InChI is InChI=1S/C13H24N2O5/c1-8(2)7-9(3)14-13(19)15-10(12(17)18)5-6-11(16)20-4/h8-10H,5-7H2,1-4H3,(H,17,18)(H2,14,15,19)/t9?,10-/m0/s1. The van der Waals surface area contributed by atoms with E-state index in [0.29, 0.717) is 5.92 Å². The van der Waals surface area contributed by atoms with E-state index in [9.17, 15) is 14.4 Å². The predicted octanol–water partition coefficient (Wildman–Crippen LogP) is 1.13. The first-order valence-electron chi connectivity index (χ1n) is 6.62. The number of amides is 2. The number of nitrogens with one attached hydrogen (secondary N) is 2. The lowest BCUT2D eigenvalue weighted by atomic mass is 10.1. The fraction of sp³-hybridized carbons (Fsp3) is 0.769. The number of rotatable bonds is 8. The molecule has 0 rings (SSSR count). The average molecular weight is 288 g/mol. The molecule has 0 fully saturated rings. The summed E-state index contributed by atoms with van der Waals surface area (Å²) in [4.78, 5) is 33.6. The summed E-state index contributed by atoms with van der Waals surface area (Å²) in [7, 11) is 1.23. The van der Waals surface area contributed by atoms with E-state index in [1.165, 1.54) is 7.11 Å². The van der Waals surface area contributed by atoms with Gasteiger partial charge in [0.15, 0.2) is 0 Å². The van der Waals surface area contributed by atoms with Crippen molar-refractivity contribution < 1.29 is 24.2 Å². The molecule has 116 valence electrons. The Kier molecular flexibility index (Phi) is 8.35. The van der Waals surface area contributed by atoms with Crippen LogP contribution >= 0.6 is 0 Å². The van der Waals surface area contributed by atoms with Crippen LogP contribution in [-0.2, 0) is 14.3 Å². The first kappa shape index (κ1) is 18.2. The minimum atomic E-state index is -1.18. The molecular weight excluding hydrogens is 264 g/mol. The van der Waals surface area contributed by atoms with Crippen molar-refractivity contribution in [1.82, 2.24) is 10.6 Å². The number of hydrogen-bond acceptors (Lipinski definition) is 4. The third-order valence-corrected chi connectivity index (χ3v) is 2.67. The van der Waals surface area contributed by atoms with Crippen LogP contribution in [0.2, 0.25) is 0 Å². The highest BCUT2D eigenvalue weighted by molar-refractivity contribution is 5.83. The molecule has 7 heteroatoms. The number of methoxy groups -OCH3 is 1. The van der Waals surface area contributed by atoms with Gasteiger partial charge in [0, 0.05) is 12.5 Å². The summed E-state index contributed by atoms with van der Waals surface area (Å²) < 4.78 is 4.43. The summed E-state index contributed by atoms with van der Waals surface area (Å²) >= 11 is 0. The number of aliphatic carboxylic acids is 1. The molecule has 0 saturated carbocycles. The molecule has 0 aliphatic rings. The quantitative estimate of drug-likeness (QED) is 0.581. The number of carbonyl (C=O) groups is 3. The fourth-order valence-electron chi connectivity index (χ4n) is 1.81. The van der Waals surface area contributed by atoms with Gasteiger partial charge in [-0.2, -0.15) is 0 Å². The first-order valence-corrected chi connectivity index (χ1v) is 6.62. The highest BCUT2D eigenvalue weighted by atomic mass is 16.5. The molecule has 2 amide bonds. The lowest BCUT2D eigenvalue weighted by Gasteiger charge is -2.19. The summed E-state index contributed by atoms with van der Waals surface area (Å²) in [6.45, 7) is 5.92. The van der Waals surface area contributed by atoms with E-state index >= 15 is 0 Å². The molecule has 0 aromatic carbocycles. The van der Waals surface area contributed by atoms with E-state index < -0.39 is 24.0 Å². The SMILES string of the molecule is COC(=O)CC[C@H](NC(=O)NC(C)CC(C)C)C(=O)O. The molecule has 0 saturated heterocycles. The van der Waals surface area contributed by atoms with Crippen LogP contribution < -0.4 is 10.6 Å². The minimum Gasteiger partial charge on any atom is -0.480 e. The summed E-state index contributed by atoms with van der Waals surface area (Å²) in [5, 5.41) is 14.0. The fourth-order valence-corrected chi connectivity index (χ4v) is 1.81. The van der Waals surface area contributed by atoms with Crippen LogP contribution in [0.15, 0.2) is 0 Å². The first-order chi connectivity index (χ1) is 9.26. The van der Waals surface area contributed by atoms with E-state index in [2.05, 4.69) is 15.4 Å². The van der Waals surface area contributed by atoms with Gasteiger partial charge in [0.05, 0.1) is 7.11 Å². The van der Waals surface area contributed by atoms with Crippen molar-refractivity contribution in [2.45, 2.75) is 52.1 Å². The molecule has 0 spiro atoms. The monoisotopic (exact) mass is 288 g/mol. The molecule has 20 heavy (non-hydrogen) atoms. The molecule has 0 radical (unpaired) electrons. The highest BCUT2D eigenvalue weighted by Crippen LogP contribution is 2.04. The second kappa shape index (κ2) is 9.17. The number of urea groups is 1. The number of esters is 1. The van der Waals surface area contributed by atoms with Crippen LogP contribution in [0, 0.1) is 5.92 Å². The van der Waals surface area contributed by atoms with Crippen molar-refractivity contribution in [1.29, 1.82) is 0 Å². The molecule has 0 aromatic heterocycles. The normalized spacial score (nSPS) is 13.4. The highest BCUT2D eigenvalue weighted by Gasteiger charge is 2.21. The zero-order valence-electron chi connectivity index (χ0n) is 12.4. The molecule has 0 bridgehead atoms. The van der Waals surface area contributed by atoms with Crippen molar-refractivity contribution in [2.24, 2.45) is 5.92 Å². The van der Waals surface area contributed by atoms with E-state index in [0.717, 1.165) is 6.42 Å². The maximum Gasteiger partial charge on any atom is 0.326 e. The second-order valence-electron chi connectivity index (χ2n) is 5.15. The molecule has 0 heterocycles. The number of ether oxygens (including phenoxy) is 1. The number of carboxylic acid groups (broad SMARTS) is 1. The van der Waals surface area contributed by atoms with E-state index in [1.807, 2.05) is 20.8 Å². The third kappa shape index (κ3) is 8.34. The molecule has 1 unspecified atom stereocenters. The van der Waals surface area contributed by atoms with Gasteiger partial charge in [0.1, 0.15) is 6.04 Å².